The fourth-order valence-corrected chi connectivity index (χ4v) is 3.34. The summed E-state index contributed by atoms with van der Waals surface area (Å²) in [5, 5.41) is 10.3. The number of aliphatic hydroxyl groups excluding tert-OH is 1. The number of nitrogens with one attached hydrogen (secondary N) is 1. The Bertz CT molecular complexity index is 524. The van der Waals surface area contributed by atoms with E-state index in [0.717, 1.165) is 55.6 Å². The minimum atomic E-state index is -0.234. The molecule has 0 unspecified atom stereocenters. The van der Waals surface area contributed by atoms with Crippen LogP contribution >= 0.6 is 0 Å². The van der Waals surface area contributed by atoms with Crippen molar-refractivity contribution in [3.63, 3.8) is 0 Å². The number of aryl methyl sites for hydroxylation is 1. The second-order valence-corrected chi connectivity index (χ2v) is 6.29. The molecule has 1 aromatic rings. The predicted molar refractivity (Wildman–Crippen MR) is 85.5 cm³/mol. The van der Waals surface area contributed by atoms with Gasteiger partial charge in [0.25, 0.3) is 0 Å². The first-order valence-corrected chi connectivity index (χ1v) is 8.14. The maximum absolute atomic E-state index is 12.1. The van der Waals surface area contributed by atoms with Crippen molar-refractivity contribution < 1.29 is 5.11 Å². The van der Waals surface area contributed by atoms with Gasteiger partial charge in [-0.25, -0.2) is 0 Å². The van der Waals surface area contributed by atoms with Crippen LogP contribution in [0.25, 0.3) is 0 Å². The van der Waals surface area contributed by atoms with Crippen molar-refractivity contribution in [3.8, 4) is 0 Å². The number of H-pyrrole nitrogens is 1. The van der Waals surface area contributed by atoms with E-state index >= 15 is 0 Å². The zero-order valence-corrected chi connectivity index (χ0v) is 13.5. The van der Waals surface area contributed by atoms with E-state index in [1.807, 2.05) is 13.8 Å². The lowest BCUT2D eigenvalue weighted by Crippen LogP contribution is -2.45. The van der Waals surface area contributed by atoms with Gasteiger partial charge in [0.1, 0.15) is 0 Å². The van der Waals surface area contributed by atoms with Gasteiger partial charge < -0.3 is 10.1 Å². The highest BCUT2D eigenvalue weighted by Crippen LogP contribution is 2.24. The average Bonchev–Trinajstić information content (AvgIpc) is 2.48. The van der Waals surface area contributed by atoms with Crippen molar-refractivity contribution in [2.75, 3.05) is 6.54 Å². The first kappa shape index (κ1) is 16.2. The number of aromatic nitrogens is 1. The molecule has 2 N–H and O–H groups in total. The molecule has 0 saturated heterocycles. The van der Waals surface area contributed by atoms with Gasteiger partial charge >= 0.3 is 0 Å². The molecule has 1 aliphatic rings. The fraction of sp³-hybridized carbons (Fsp3) is 0.706. The molecule has 0 bridgehead atoms. The van der Waals surface area contributed by atoms with Gasteiger partial charge in [0.15, 0.2) is 5.43 Å². The van der Waals surface area contributed by atoms with Crippen molar-refractivity contribution in [1.82, 2.24) is 9.88 Å². The highest BCUT2D eigenvalue weighted by molar-refractivity contribution is 5.23. The Morgan fingerprint density at radius 2 is 2.05 bits per heavy atom. The number of hydrogen-bond donors (Lipinski definition) is 2. The number of aliphatic hydroxyl groups is 1. The van der Waals surface area contributed by atoms with Gasteiger partial charge in [0.05, 0.1) is 6.10 Å². The molecular weight excluding hydrogens is 264 g/mol. The zero-order valence-electron chi connectivity index (χ0n) is 13.5. The lowest BCUT2D eigenvalue weighted by atomic mass is 9.91. The van der Waals surface area contributed by atoms with E-state index in [-0.39, 0.29) is 17.6 Å². The molecule has 1 heterocycles. The second-order valence-electron chi connectivity index (χ2n) is 6.29. The van der Waals surface area contributed by atoms with E-state index in [0.29, 0.717) is 0 Å². The Labute approximate surface area is 127 Å². The van der Waals surface area contributed by atoms with E-state index < -0.39 is 0 Å². The summed E-state index contributed by atoms with van der Waals surface area (Å²) < 4.78 is 0. The van der Waals surface area contributed by atoms with E-state index in [9.17, 15) is 9.90 Å². The van der Waals surface area contributed by atoms with Crippen LogP contribution in [0.2, 0.25) is 0 Å². The molecule has 4 heteroatoms. The molecule has 2 atom stereocenters. The van der Waals surface area contributed by atoms with Gasteiger partial charge in [0.2, 0.25) is 0 Å². The zero-order chi connectivity index (χ0) is 15.4. The molecule has 1 fully saturated rings. The van der Waals surface area contributed by atoms with Gasteiger partial charge in [-0.15, -0.1) is 0 Å². The molecule has 21 heavy (non-hydrogen) atoms. The predicted octanol–water partition coefficient (Wildman–Crippen LogP) is 2.51. The molecule has 0 amide bonds. The van der Waals surface area contributed by atoms with Crippen LogP contribution in [-0.4, -0.2) is 33.7 Å². The lowest BCUT2D eigenvalue weighted by molar-refractivity contribution is 0.0150. The minimum absolute atomic E-state index is 0.129. The highest BCUT2D eigenvalue weighted by atomic mass is 16.3. The van der Waals surface area contributed by atoms with Gasteiger partial charge in [-0.3, -0.25) is 9.69 Å². The van der Waals surface area contributed by atoms with E-state index in [4.69, 9.17) is 0 Å². The summed E-state index contributed by atoms with van der Waals surface area (Å²) in [4.78, 5) is 17.7. The number of hydrogen-bond acceptors (Lipinski definition) is 3. The van der Waals surface area contributed by atoms with Crippen LogP contribution in [0.4, 0.5) is 0 Å². The van der Waals surface area contributed by atoms with Crippen molar-refractivity contribution in [2.45, 2.75) is 71.6 Å². The van der Waals surface area contributed by atoms with E-state index in [2.05, 4.69) is 16.8 Å². The number of nitrogens with zero attached hydrogens (tertiary/aromatic N) is 1. The van der Waals surface area contributed by atoms with Crippen LogP contribution in [0.1, 0.15) is 55.8 Å². The Hall–Kier alpha value is -1.13. The Morgan fingerprint density at radius 3 is 2.71 bits per heavy atom. The highest BCUT2D eigenvalue weighted by Gasteiger charge is 2.28. The molecule has 0 spiro atoms. The summed E-state index contributed by atoms with van der Waals surface area (Å²) in [5.74, 6) is 0. The smallest absolute Gasteiger partial charge is 0.187 e. The summed E-state index contributed by atoms with van der Waals surface area (Å²) in [5.41, 5.74) is 2.68. The van der Waals surface area contributed by atoms with Crippen LogP contribution in [0.5, 0.6) is 0 Å². The summed E-state index contributed by atoms with van der Waals surface area (Å²) in [6.45, 7) is 7.56. The van der Waals surface area contributed by atoms with Gasteiger partial charge in [0, 0.05) is 35.6 Å². The number of rotatable bonds is 5. The van der Waals surface area contributed by atoms with Crippen molar-refractivity contribution in [2.24, 2.45) is 0 Å². The van der Waals surface area contributed by atoms with Crippen LogP contribution < -0.4 is 5.43 Å². The first-order valence-electron chi connectivity index (χ1n) is 8.14. The summed E-state index contributed by atoms with van der Waals surface area (Å²) in [6, 6.07) is 0.225. The van der Waals surface area contributed by atoms with E-state index in [1.165, 1.54) is 6.42 Å². The molecule has 1 saturated carbocycles. The molecule has 0 radical (unpaired) electrons. The third-order valence-electron chi connectivity index (χ3n) is 4.65. The Kier molecular flexibility index (Phi) is 5.59. The molecule has 1 aromatic heterocycles. The van der Waals surface area contributed by atoms with Crippen molar-refractivity contribution >= 4 is 0 Å². The quantitative estimate of drug-likeness (QED) is 0.876. The van der Waals surface area contributed by atoms with Crippen LogP contribution in [-0.2, 0) is 6.54 Å². The third kappa shape index (κ3) is 3.74. The average molecular weight is 292 g/mol. The van der Waals surface area contributed by atoms with Crippen LogP contribution in [0.15, 0.2) is 11.0 Å². The fourth-order valence-electron chi connectivity index (χ4n) is 3.34. The largest absolute Gasteiger partial charge is 0.391 e. The Morgan fingerprint density at radius 1 is 1.33 bits per heavy atom. The SMILES string of the molecule is CCCN(Cc1[nH]cc(C)c(=O)c1C)[C@@H]1CCCC[C@H]1O. The van der Waals surface area contributed by atoms with Gasteiger partial charge in [-0.2, -0.15) is 0 Å². The normalized spacial score (nSPS) is 22.7. The molecule has 4 nitrogen and oxygen atoms in total. The van der Waals surface area contributed by atoms with Gasteiger partial charge in [-0.1, -0.05) is 19.8 Å². The maximum Gasteiger partial charge on any atom is 0.187 e. The van der Waals surface area contributed by atoms with E-state index in [1.54, 1.807) is 6.20 Å². The van der Waals surface area contributed by atoms with Crippen molar-refractivity contribution in [3.05, 3.63) is 33.2 Å². The second kappa shape index (κ2) is 7.23. The van der Waals surface area contributed by atoms with Crippen molar-refractivity contribution in [1.29, 1.82) is 0 Å². The summed E-state index contributed by atoms with van der Waals surface area (Å²) in [6.07, 6.45) is 6.88. The monoisotopic (exact) mass is 292 g/mol. The summed E-state index contributed by atoms with van der Waals surface area (Å²) >= 11 is 0. The third-order valence-corrected chi connectivity index (χ3v) is 4.65. The van der Waals surface area contributed by atoms with Gasteiger partial charge in [-0.05, 0) is 39.7 Å². The minimum Gasteiger partial charge on any atom is -0.391 e. The molecule has 1 aliphatic carbocycles. The molecular formula is C17H28N2O2. The number of aromatic amines is 1. The standard InChI is InChI=1S/C17H28N2O2/c1-4-9-19(15-7-5-6-8-16(15)20)11-14-13(3)17(21)12(2)10-18-14/h10,15-16,20H,4-9,11H2,1-3H3,(H,18,21)/t15-,16-/m1/s1. The first-order chi connectivity index (χ1) is 10.0. The topological polar surface area (TPSA) is 56.3 Å². The molecule has 2 rings (SSSR count). The maximum atomic E-state index is 12.1. The molecule has 0 aromatic carbocycles. The van der Waals surface area contributed by atoms with Crippen LogP contribution in [0.3, 0.4) is 0 Å². The Balaban J connectivity index is 2.20. The number of pyridine rings is 1. The molecule has 0 aliphatic heterocycles. The van der Waals surface area contributed by atoms with Crippen LogP contribution in [0, 0.1) is 13.8 Å². The lowest BCUT2D eigenvalue weighted by Gasteiger charge is -2.37. The molecule has 118 valence electrons. The summed E-state index contributed by atoms with van der Waals surface area (Å²) in [7, 11) is 0.